The second kappa shape index (κ2) is 2.54. The highest BCUT2D eigenvalue weighted by Crippen LogP contribution is 2.14. The Bertz CT molecular complexity index is 340. The predicted molar refractivity (Wildman–Crippen MR) is 40.7 cm³/mol. The minimum Gasteiger partial charge on any atom is -0.383 e. The number of H-pyrrole nitrogens is 1. The number of rotatable bonds is 2. The smallest absolute Gasteiger partial charge is 0.183 e. The van der Waals surface area contributed by atoms with Crippen molar-refractivity contribution in [3.63, 3.8) is 0 Å². The van der Waals surface area contributed by atoms with Crippen LogP contribution < -0.4 is 5.73 Å². The first-order valence-corrected chi connectivity index (χ1v) is 4.74. The molecule has 0 atom stereocenters. The van der Waals surface area contributed by atoms with Gasteiger partial charge in [-0.05, 0) is 0 Å². The fourth-order valence-corrected chi connectivity index (χ4v) is 1.59. The number of nitrogens with two attached hydrogens (primary N) is 1. The third kappa shape index (κ3) is 1.35. The molecule has 0 aliphatic carbocycles. The first-order valence-electron chi connectivity index (χ1n) is 3.09. The maximum atomic E-state index is 11.1. The molecule has 0 amide bonds. The number of nitrogen functional groups attached to an aromatic ring is 1. The molecule has 0 unspecified atom stereocenters. The second-order valence-corrected chi connectivity index (χ2v) is 4.30. The minimum atomic E-state index is -3.20. The summed E-state index contributed by atoms with van der Waals surface area (Å²) in [5, 5.41) is 5.86. The molecule has 0 aliphatic heterocycles. The topological polar surface area (TPSA) is 88.8 Å². The standard InChI is InChI=1S/C5H9N3O2S/c1-2-11(9,10)4-3-7-8-5(4)6/h3H,2H2,1H3,(H3,6,7,8). The van der Waals surface area contributed by atoms with E-state index >= 15 is 0 Å². The van der Waals surface area contributed by atoms with Crippen molar-refractivity contribution in [3.05, 3.63) is 6.20 Å². The fraction of sp³-hybridized carbons (Fsp3) is 0.400. The van der Waals surface area contributed by atoms with Gasteiger partial charge in [0, 0.05) is 0 Å². The quantitative estimate of drug-likeness (QED) is 0.650. The van der Waals surface area contributed by atoms with Crippen LogP contribution in [-0.4, -0.2) is 24.4 Å². The van der Waals surface area contributed by atoms with Crippen molar-refractivity contribution in [2.24, 2.45) is 0 Å². The van der Waals surface area contributed by atoms with Crippen LogP contribution in [0.5, 0.6) is 0 Å². The summed E-state index contributed by atoms with van der Waals surface area (Å²) in [6, 6.07) is 0. The van der Waals surface area contributed by atoms with E-state index in [1.165, 1.54) is 6.20 Å². The highest BCUT2D eigenvalue weighted by Gasteiger charge is 2.16. The summed E-state index contributed by atoms with van der Waals surface area (Å²) in [7, 11) is -3.20. The Morgan fingerprint density at radius 1 is 1.73 bits per heavy atom. The fourth-order valence-electron chi connectivity index (χ4n) is 0.688. The average Bonchev–Trinajstić information content (AvgIpc) is 2.36. The Balaban J connectivity index is 3.22. The number of hydrogen-bond donors (Lipinski definition) is 2. The first-order chi connectivity index (χ1) is 5.08. The highest BCUT2D eigenvalue weighted by molar-refractivity contribution is 7.91. The van der Waals surface area contributed by atoms with Crippen LogP contribution in [0.15, 0.2) is 11.1 Å². The molecule has 0 aliphatic rings. The van der Waals surface area contributed by atoms with Crippen LogP contribution in [0.1, 0.15) is 6.92 Å². The summed E-state index contributed by atoms with van der Waals surface area (Å²) in [6.07, 6.45) is 1.22. The van der Waals surface area contributed by atoms with E-state index in [4.69, 9.17) is 5.73 Å². The van der Waals surface area contributed by atoms with E-state index in [-0.39, 0.29) is 16.5 Å². The van der Waals surface area contributed by atoms with Gasteiger partial charge in [0.15, 0.2) is 9.84 Å². The Hall–Kier alpha value is -1.04. The molecule has 5 nitrogen and oxygen atoms in total. The molecule has 62 valence electrons. The molecule has 1 rings (SSSR count). The molecule has 0 radical (unpaired) electrons. The lowest BCUT2D eigenvalue weighted by Crippen LogP contribution is -2.05. The van der Waals surface area contributed by atoms with Gasteiger partial charge in [0.05, 0.1) is 11.9 Å². The van der Waals surface area contributed by atoms with Crippen LogP contribution in [-0.2, 0) is 9.84 Å². The number of aromatic nitrogens is 2. The zero-order valence-electron chi connectivity index (χ0n) is 6.03. The number of sulfone groups is 1. The Labute approximate surface area is 64.5 Å². The maximum Gasteiger partial charge on any atom is 0.183 e. The van der Waals surface area contributed by atoms with Crippen LogP contribution in [0.4, 0.5) is 5.82 Å². The molecule has 0 fully saturated rings. The van der Waals surface area contributed by atoms with Gasteiger partial charge in [-0.1, -0.05) is 6.92 Å². The molecule has 1 aromatic heterocycles. The van der Waals surface area contributed by atoms with E-state index in [1.54, 1.807) is 6.92 Å². The Morgan fingerprint density at radius 3 is 2.73 bits per heavy atom. The van der Waals surface area contributed by atoms with Gasteiger partial charge in [-0.3, -0.25) is 5.10 Å². The molecule has 0 bridgehead atoms. The van der Waals surface area contributed by atoms with E-state index in [0.717, 1.165) is 0 Å². The SMILES string of the molecule is CCS(=O)(=O)c1cn[nH]c1N. The van der Waals surface area contributed by atoms with Crippen molar-refractivity contribution in [1.82, 2.24) is 10.2 Å². The predicted octanol–water partition coefficient (Wildman–Crippen LogP) is -0.215. The maximum absolute atomic E-state index is 11.1. The van der Waals surface area contributed by atoms with Gasteiger partial charge in [0.1, 0.15) is 10.7 Å². The first kappa shape index (κ1) is 8.06. The molecule has 0 spiro atoms. The minimum absolute atomic E-state index is 0.0384. The monoisotopic (exact) mass is 175 g/mol. The summed E-state index contributed by atoms with van der Waals surface area (Å²) in [6.45, 7) is 1.56. The van der Waals surface area contributed by atoms with E-state index < -0.39 is 9.84 Å². The second-order valence-electron chi connectivity index (χ2n) is 2.05. The number of nitrogens with one attached hydrogen (secondary N) is 1. The van der Waals surface area contributed by atoms with Crippen molar-refractivity contribution in [1.29, 1.82) is 0 Å². The normalized spacial score (nSPS) is 11.7. The lowest BCUT2D eigenvalue weighted by atomic mass is 10.7. The molecule has 3 N–H and O–H groups in total. The number of nitrogens with zero attached hydrogens (tertiary/aromatic N) is 1. The number of aromatic amines is 1. The van der Waals surface area contributed by atoms with Crippen molar-refractivity contribution < 1.29 is 8.42 Å². The zero-order chi connectivity index (χ0) is 8.48. The molecule has 1 heterocycles. The largest absolute Gasteiger partial charge is 0.383 e. The lowest BCUT2D eigenvalue weighted by molar-refractivity contribution is 0.597. The van der Waals surface area contributed by atoms with Gasteiger partial charge in [-0.2, -0.15) is 5.10 Å². The molecular formula is C5H9N3O2S. The van der Waals surface area contributed by atoms with E-state index in [9.17, 15) is 8.42 Å². The van der Waals surface area contributed by atoms with Gasteiger partial charge >= 0.3 is 0 Å². The van der Waals surface area contributed by atoms with Crippen LogP contribution in [0.3, 0.4) is 0 Å². The molecular weight excluding hydrogens is 166 g/mol. The number of anilines is 1. The lowest BCUT2D eigenvalue weighted by Gasteiger charge is -1.95. The van der Waals surface area contributed by atoms with Crippen LogP contribution >= 0.6 is 0 Å². The average molecular weight is 175 g/mol. The Kier molecular flexibility index (Phi) is 1.86. The van der Waals surface area contributed by atoms with Crippen molar-refractivity contribution in [2.75, 3.05) is 11.5 Å². The molecule has 0 aromatic carbocycles. The third-order valence-electron chi connectivity index (χ3n) is 1.35. The Morgan fingerprint density at radius 2 is 2.36 bits per heavy atom. The zero-order valence-corrected chi connectivity index (χ0v) is 6.85. The van der Waals surface area contributed by atoms with Crippen LogP contribution in [0.25, 0.3) is 0 Å². The van der Waals surface area contributed by atoms with Crippen molar-refractivity contribution >= 4 is 15.7 Å². The summed E-state index contributed by atoms with van der Waals surface area (Å²) < 4.78 is 22.3. The van der Waals surface area contributed by atoms with Crippen LogP contribution in [0, 0.1) is 0 Å². The van der Waals surface area contributed by atoms with Gasteiger partial charge < -0.3 is 5.73 Å². The van der Waals surface area contributed by atoms with Crippen LogP contribution in [0.2, 0.25) is 0 Å². The van der Waals surface area contributed by atoms with Crippen molar-refractivity contribution in [3.8, 4) is 0 Å². The van der Waals surface area contributed by atoms with Gasteiger partial charge in [-0.25, -0.2) is 8.42 Å². The molecule has 0 saturated heterocycles. The van der Waals surface area contributed by atoms with Gasteiger partial charge in [0.2, 0.25) is 0 Å². The van der Waals surface area contributed by atoms with Gasteiger partial charge in [-0.15, -0.1) is 0 Å². The summed E-state index contributed by atoms with van der Waals surface area (Å²) in [4.78, 5) is 0.0833. The van der Waals surface area contributed by atoms with E-state index in [1.807, 2.05) is 0 Å². The van der Waals surface area contributed by atoms with Crippen molar-refractivity contribution in [2.45, 2.75) is 11.8 Å². The summed E-state index contributed by atoms with van der Waals surface area (Å²) >= 11 is 0. The molecule has 0 saturated carbocycles. The van der Waals surface area contributed by atoms with E-state index in [2.05, 4.69) is 10.2 Å². The van der Waals surface area contributed by atoms with E-state index in [0.29, 0.717) is 0 Å². The third-order valence-corrected chi connectivity index (χ3v) is 3.10. The molecule has 6 heteroatoms. The summed E-state index contributed by atoms with van der Waals surface area (Å²) in [5.74, 6) is 0.142. The summed E-state index contributed by atoms with van der Waals surface area (Å²) in [5.41, 5.74) is 5.31. The number of hydrogen-bond acceptors (Lipinski definition) is 4. The molecule has 11 heavy (non-hydrogen) atoms. The molecule has 1 aromatic rings. The highest BCUT2D eigenvalue weighted by atomic mass is 32.2. The van der Waals surface area contributed by atoms with Gasteiger partial charge in [0.25, 0.3) is 0 Å².